The minimum absolute atomic E-state index is 0.437. The molecule has 0 unspecified atom stereocenters. The molecule has 0 radical (unpaired) electrons. The summed E-state index contributed by atoms with van der Waals surface area (Å²) in [6.07, 6.45) is 4.27. The van der Waals surface area contributed by atoms with Crippen LogP contribution in [0.25, 0.3) is 0 Å². The molecule has 2 N–H and O–H groups in total. The highest BCUT2D eigenvalue weighted by Crippen LogP contribution is 2.33. The average Bonchev–Trinajstić information content (AvgIpc) is 3.06. The molecule has 7 heteroatoms. The van der Waals surface area contributed by atoms with Crippen molar-refractivity contribution in [1.82, 2.24) is 15.1 Å². The smallest absolute Gasteiger partial charge is 0.278 e. The molecule has 1 aliphatic rings. The number of aryl methyl sites for hydroxylation is 1. The van der Waals surface area contributed by atoms with Gasteiger partial charge in [0.25, 0.3) is 17.4 Å². The average molecular weight is 314 g/mol. The van der Waals surface area contributed by atoms with E-state index >= 15 is 0 Å². The summed E-state index contributed by atoms with van der Waals surface area (Å²) in [4.78, 5) is 24.6. The summed E-state index contributed by atoms with van der Waals surface area (Å²) in [6.45, 7) is 2.60. The summed E-state index contributed by atoms with van der Waals surface area (Å²) in [5.74, 6) is -0.438. The first-order valence-electron chi connectivity index (χ1n) is 7.45. The van der Waals surface area contributed by atoms with E-state index in [1.807, 2.05) is 12.3 Å². The highest BCUT2D eigenvalue weighted by molar-refractivity contribution is 6.15. The molecule has 2 aromatic rings. The number of ether oxygens (including phenoxy) is 1. The lowest BCUT2D eigenvalue weighted by Gasteiger charge is -2.33. The van der Waals surface area contributed by atoms with Crippen molar-refractivity contribution in [2.45, 2.75) is 25.5 Å². The number of amides is 2. The number of benzene rings is 1. The van der Waals surface area contributed by atoms with Gasteiger partial charge >= 0.3 is 0 Å². The highest BCUT2D eigenvalue weighted by atomic mass is 16.5. The Balaban J connectivity index is 1.59. The third-order valence-electron chi connectivity index (χ3n) is 3.72. The van der Waals surface area contributed by atoms with Crippen molar-refractivity contribution in [1.29, 1.82) is 0 Å². The molecule has 0 aliphatic carbocycles. The first-order valence-corrected chi connectivity index (χ1v) is 7.45. The number of fused-ring (bicyclic) bond motifs is 1. The Labute approximate surface area is 133 Å². The van der Waals surface area contributed by atoms with E-state index in [0.717, 1.165) is 0 Å². The predicted molar refractivity (Wildman–Crippen MR) is 84.0 cm³/mol. The molecule has 0 saturated heterocycles. The van der Waals surface area contributed by atoms with E-state index in [1.165, 1.54) is 6.92 Å². The van der Waals surface area contributed by atoms with Crippen molar-refractivity contribution in [3.63, 3.8) is 0 Å². The maximum Gasteiger partial charge on any atom is 0.278 e. The van der Waals surface area contributed by atoms with E-state index in [4.69, 9.17) is 4.74 Å². The minimum atomic E-state index is -1.57. The topological polar surface area (TPSA) is 85.2 Å². The van der Waals surface area contributed by atoms with E-state index in [2.05, 4.69) is 15.7 Å². The summed E-state index contributed by atoms with van der Waals surface area (Å²) in [6, 6.07) is 8.88. The number of para-hydroxylation sites is 2. The van der Waals surface area contributed by atoms with Gasteiger partial charge in [0.15, 0.2) is 0 Å². The summed E-state index contributed by atoms with van der Waals surface area (Å²) in [7, 11) is 0. The molecular weight excluding hydrogens is 296 g/mol. The summed E-state index contributed by atoms with van der Waals surface area (Å²) in [5.41, 5.74) is -0.999. The zero-order chi connectivity index (χ0) is 16.3. The molecule has 1 atom stereocenters. The largest absolute Gasteiger partial charge is 0.466 e. The Hall–Kier alpha value is -2.83. The van der Waals surface area contributed by atoms with Crippen LogP contribution in [0.4, 0.5) is 5.69 Å². The molecule has 0 spiro atoms. The maximum absolute atomic E-state index is 12.4. The SMILES string of the molecule is C[C@@]1(C(=O)NCCCn2cccn2)Oc2ccccc2NC1=O. The Morgan fingerprint density at radius 2 is 2.22 bits per heavy atom. The number of aromatic nitrogens is 2. The lowest BCUT2D eigenvalue weighted by molar-refractivity contribution is -0.146. The van der Waals surface area contributed by atoms with Crippen molar-refractivity contribution in [2.24, 2.45) is 0 Å². The molecule has 1 aromatic heterocycles. The van der Waals surface area contributed by atoms with Crippen molar-refractivity contribution in [2.75, 3.05) is 11.9 Å². The van der Waals surface area contributed by atoms with Crippen LogP contribution in [0.2, 0.25) is 0 Å². The maximum atomic E-state index is 12.4. The Morgan fingerprint density at radius 1 is 1.39 bits per heavy atom. The number of anilines is 1. The van der Waals surface area contributed by atoms with Crippen LogP contribution in [0, 0.1) is 0 Å². The zero-order valence-electron chi connectivity index (χ0n) is 12.8. The second-order valence-corrected chi connectivity index (χ2v) is 5.46. The predicted octanol–water partition coefficient (Wildman–Crippen LogP) is 1.18. The molecule has 23 heavy (non-hydrogen) atoms. The fourth-order valence-electron chi connectivity index (χ4n) is 2.36. The fraction of sp³-hybridized carbons (Fsp3) is 0.312. The van der Waals surface area contributed by atoms with Crippen molar-refractivity contribution in [3.8, 4) is 5.75 Å². The van der Waals surface area contributed by atoms with Crippen LogP contribution >= 0.6 is 0 Å². The molecular formula is C16H18N4O3. The Kier molecular flexibility index (Phi) is 4.01. The van der Waals surface area contributed by atoms with E-state index < -0.39 is 17.4 Å². The normalized spacial score (nSPS) is 19.4. The number of hydrogen-bond donors (Lipinski definition) is 2. The van der Waals surface area contributed by atoms with Gasteiger partial charge in [-0.05, 0) is 31.5 Å². The van der Waals surface area contributed by atoms with Crippen LogP contribution < -0.4 is 15.4 Å². The van der Waals surface area contributed by atoms with Gasteiger partial charge in [0.1, 0.15) is 5.75 Å². The van der Waals surface area contributed by atoms with Crippen LogP contribution in [-0.2, 0) is 16.1 Å². The second kappa shape index (κ2) is 6.12. The molecule has 0 saturated carbocycles. The minimum Gasteiger partial charge on any atom is -0.466 e. The number of rotatable bonds is 5. The molecule has 0 bridgehead atoms. The van der Waals surface area contributed by atoms with Crippen molar-refractivity contribution in [3.05, 3.63) is 42.7 Å². The van der Waals surface area contributed by atoms with Gasteiger partial charge in [-0.1, -0.05) is 12.1 Å². The van der Waals surface area contributed by atoms with E-state index in [1.54, 1.807) is 35.1 Å². The van der Waals surface area contributed by atoms with E-state index in [9.17, 15) is 9.59 Å². The number of carbonyl (C=O) groups excluding carboxylic acids is 2. The molecule has 2 heterocycles. The van der Waals surface area contributed by atoms with Gasteiger partial charge in [0.05, 0.1) is 5.69 Å². The number of nitrogens with one attached hydrogen (secondary N) is 2. The fourth-order valence-corrected chi connectivity index (χ4v) is 2.36. The number of carbonyl (C=O) groups is 2. The van der Waals surface area contributed by atoms with Gasteiger partial charge in [-0.25, -0.2) is 0 Å². The monoisotopic (exact) mass is 314 g/mol. The van der Waals surface area contributed by atoms with Crippen molar-refractivity contribution < 1.29 is 14.3 Å². The van der Waals surface area contributed by atoms with Gasteiger partial charge in [-0.2, -0.15) is 5.10 Å². The molecule has 1 aromatic carbocycles. The van der Waals surface area contributed by atoms with Gasteiger partial charge in [-0.15, -0.1) is 0 Å². The Morgan fingerprint density at radius 3 is 3.00 bits per heavy atom. The molecule has 7 nitrogen and oxygen atoms in total. The van der Waals surface area contributed by atoms with Crippen LogP contribution in [0.1, 0.15) is 13.3 Å². The molecule has 0 fully saturated rings. The van der Waals surface area contributed by atoms with Crippen LogP contribution in [0.5, 0.6) is 5.75 Å². The first kappa shape index (κ1) is 15.1. The molecule has 3 rings (SSSR count). The quantitative estimate of drug-likeness (QED) is 0.641. The lowest BCUT2D eigenvalue weighted by Crippen LogP contribution is -2.58. The van der Waals surface area contributed by atoms with Gasteiger partial charge in [0, 0.05) is 25.5 Å². The summed E-state index contributed by atoms with van der Waals surface area (Å²) < 4.78 is 7.44. The molecule has 2 amide bonds. The van der Waals surface area contributed by atoms with Gasteiger partial charge in [-0.3, -0.25) is 14.3 Å². The first-order chi connectivity index (χ1) is 11.1. The second-order valence-electron chi connectivity index (χ2n) is 5.46. The van der Waals surface area contributed by atoms with E-state index in [0.29, 0.717) is 30.9 Å². The highest BCUT2D eigenvalue weighted by Gasteiger charge is 2.46. The van der Waals surface area contributed by atoms with Crippen molar-refractivity contribution >= 4 is 17.5 Å². The van der Waals surface area contributed by atoms with Crippen LogP contribution in [-0.4, -0.2) is 33.7 Å². The summed E-state index contributed by atoms with van der Waals surface area (Å²) in [5, 5.41) is 9.54. The Bertz CT molecular complexity index is 714. The lowest BCUT2D eigenvalue weighted by atomic mass is 10.0. The van der Waals surface area contributed by atoms with Gasteiger partial charge < -0.3 is 15.4 Å². The zero-order valence-corrected chi connectivity index (χ0v) is 12.8. The van der Waals surface area contributed by atoms with Crippen LogP contribution in [0.3, 0.4) is 0 Å². The third kappa shape index (κ3) is 3.03. The van der Waals surface area contributed by atoms with E-state index in [-0.39, 0.29) is 0 Å². The summed E-state index contributed by atoms with van der Waals surface area (Å²) >= 11 is 0. The van der Waals surface area contributed by atoms with Crippen LogP contribution in [0.15, 0.2) is 42.7 Å². The molecule has 1 aliphatic heterocycles. The van der Waals surface area contributed by atoms with Gasteiger partial charge in [0.2, 0.25) is 0 Å². The standard InChI is InChI=1S/C16H18N4O3/c1-16(14(21)17-8-4-10-20-11-5-9-18-20)15(22)19-12-6-2-3-7-13(12)23-16/h2-3,5-7,9,11H,4,8,10H2,1H3,(H,17,21)(H,19,22)/t16-/m0/s1. The third-order valence-corrected chi connectivity index (χ3v) is 3.72. The number of nitrogens with zero attached hydrogens (tertiary/aromatic N) is 2. The number of hydrogen-bond acceptors (Lipinski definition) is 4. The molecule has 120 valence electrons.